The lowest BCUT2D eigenvalue weighted by atomic mass is 10.1. The fourth-order valence-electron chi connectivity index (χ4n) is 1.18. The van der Waals surface area contributed by atoms with Gasteiger partial charge in [0.05, 0.1) is 0 Å². The number of carboxylic acids is 1. The fourth-order valence-corrected chi connectivity index (χ4v) is 1.80. The second-order valence-electron chi connectivity index (χ2n) is 3.17. The number of fused-ring (bicyclic) bond motifs is 1. The molecule has 3 N–H and O–H groups in total. The summed E-state index contributed by atoms with van der Waals surface area (Å²) in [6, 6.07) is 0. The van der Waals surface area contributed by atoms with Crippen molar-refractivity contribution >= 4 is 17.3 Å². The monoisotopic (exact) mass is 244 g/mol. The molecule has 0 amide bonds. The topological polar surface area (TPSA) is 96.2 Å². The average Bonchev–Trinajstić information content (AvgIpc) is 2.58. The van der Waals surface area contributed by atoms with Crippen molar-refractivity contribution in [3.8, 4) is 16.6 Å². The number of carbonyl (C=O) groups is 1. The van der Waals surface area contributed by atoms with Crippen LogP contribution in [0.1, 0.15) is 6.92 Å². The Bertz CT molecular complexity index is 474. The predicted octanol–water partition coefficient (Wildman–Crippen LogP) is 1.67. The van der Waals surface area contributed by atoms with E-state index in [1.165, 1.54) is 12.3 Å². The molecule has 2 heterocycles. The van der Waals surface area contributed by atoms with Crippen LogP contribution in [0.25, 0.3) is 0 Å². The Hall–Kier alpha value is -1.89. The molecule has 0 spiro atoms. The maximum Gasteiger partial charge on any atom is 0.323 e. The third kappa shape index (κ3) is 1.54. The molecule has 16 heavy (non-hydrogen) atoms. The zero-order valence-corrected chi connectivity index (χ0v) is 8.95. The minimum Gasteiger partial charge on any atom is -0.497 e. The first-order valence-corrected chi connectivity index (χ1v) is 5.20. The van der Waals surface area contributed by atoms with E-state index < -0.39 is 17.8 Å². The third-order valence-electron chi connectivity index (χ3n) is 2.09. The molecule has 1 unspecified atom stereocenters. The van der Waals surface area contributed by atoms with E-state index in [2.05, 4.69) is 0 Å². The van der Waals surface area contributed by atoms with Crippen molar-refractivity contribution in [2.45, 2.75) is 6.92 Å². The van der Waals surface area contributed by atoms with Gasteiger partial charge in [0.2, 0.25) is 10.8 Å². The van der Waals surface area contributed by atoms with Gasteiger partial charge in [-0.2, -0.15) is 0 Å². The fraction of sp³-hybridized carbons (Fsp3) is 0.222. The van der Waals surface area contributed by atoms with Gasteiger partial charge in [-0.15, -0.1) is 0 Å². The first kappa shape index (κ1) is 10.6. The molecule has 0 saturated carbocycles. The van der Waals surface area contributed by atoms with Gasteiger partial charge >= 0.3 is 11.9 Å². The Morgan fingerprint density at radius 3 is 2.75 bits per heavy atom. The minimum atomic E-state index is -1.15. The van der Waals surface area contributed by atoms with Crippen LogP contribution < -0.4 is 9.47 Å². The number of hydrogen-bond acceptors (Lipinski definition) is 6. The van der Waals surface area contributed by atoms with Crippen LogP contribution >= 0.6 is 11.3 Å². The maximum absolute atomic E-state index is 10.7. The summed E-state index contributed by atoms with van der Waals surface area (Å²) in [7, 11) is 0. The summed E-state index contributed by atoms with van der Waals surface area (Å²) in [4.78, 5) is 10.7. The SMILES string of the molecule is CC(C(=O)O)C1=C(O)Oc2c(csc2O)O1. The molecule has 1 atom stereocenters. The third-order valence-corrected chi connectivity index (χ3v) is 2.83. The highest BCUT2D eigenvalue weighted by atomic mass is 32.1. The molecule has 0 fully saturated rings. The van der Waals surface area contributed by atoms with Gasteiger partial charge in [-0.1, -0.05) is 11.3 Å². The number of ether oxygens (including phenoxy) is 2. The molecule has 1 aliphatic rings. The zero-order valence-electron chi connectivity index (χ0n) is 8.13. The summed E-state index contributed by atoms with van der Waals surface area (Å²) in [5.41, 5.74) is 0. The highest BCUT2D eigenvalue weighted by molar-refractivity contribution is 7.12. The van der Waals surface area contributed by atoms with Crippen molar-refractivity contribution in [2.75, 3.05) is 0 Å². The number of aliphatic hydroxyl groups excluding tert-OH is 1. The standard InChI is InChI=1S/C9H8O6S/c1-3(7(10)11)5-8(12)15-6-4(14-5)2-16-9(6)13/h2-3,12-13H,1H3,(H,10,11). The molecular weight excluding hydrogens is 236 g/mol. The predicted molar refractivity (Wildman–Crippen MR) is 53.7 cm³/mol. The Balaban J connectivity index is 2.34. The lowest BCUT2D eigenvalue weighted by Crippen LogP contribution is -2.22. The van der Waals surface area contributed by atoms with Gasteiger partial charge in [0, 0.05) is 5.38 Å². The molecule has 1 aromatic heterocycles. The van der Waals surface area contributed by atoms with E-state index in [9.17, 15) is 15.0 Å². The van der Waals surface area contributed by atoms with E-state index in [4.69, 9.17) is 14.6 Å². The van der Waals surface area contributed by atoms with Crippen LogP contribution in [0.4, 0.5) is 0 Å². The summed E-state index contributed by atoms with van der Waals surface area (Å²) >= 11 is 0.965. The molecule has 2 rings (SSSR count). The van der Waals surface area contributed by atoms with Gasteiger partial charge < -0.3 is 24.8 Å². The number of thiophene rings is 1. The minimum absolute atomic E-state index is 0.00355. The largest absolute Gasteiger partial charge is 0.497 e. The summed E-state index contributed by atoms with van der Waals surface area (Å²) < 4.78 is 10.1. The molecule has 1 aliphatic heterocycles. The van der Waals surface area contributed by atoms with Crippen molar-refractivity contribution in [1.82, 2.24) is 0 Å². The number of rotatable bonds is 2. The molecule has 0 aromatic carbocycles. The van der Waals surface area contributed by atoms with Crippen LogP contribution in [0.15, 0.2) is 17.1 Å². The Kier molecular flexibility index (Phi) is 2.39. The first-order valence-electron chi connectivity index (χ1n) is 4.32. The van der Waals surface area contributed by atoms with Crippen LogP contribution in [0, 0.1) is 5.92 Å². The van der Waals surface area contributed by atoms with Crippen molar-refractivity contribution in [2.24, 2.45) is 5.92 Å². The number of aromatic hydroxyl groups is 1. The molecule has 0 radical (unpaired) electrons. The van der Waals surface area contributed by atoms with E-state index in [0.717, 1.165) is 11.3 Å². The lowest BCUT2D eigenvalue weighted by Gasteiger charge is -2.19. The second-order valence-corrected chi connectivity index (χ2v) is 4.03. The normalized spacial score (nSPS) is 16.1. The quantitative estimate of drug-likeness (QED) is 0.732. The molecule has 86 valence electrons. The van der Waals surface area contributed by atoms with Crippen molar-refractivity contribution in [1.29, 1.82) is 0 Å². The number of aliphatic hydroxyl groups is 1. The van der Waals surface area contributed by atoms with E-state index in [-0.39, 0.29) is 22.3 Å². The van der Waals surface area contributed by atoms with Gasteiger partial charge in [0.25, 0.3) is 0 Å². The highest BCUT2D eigenvalue weighted by Gasteiger charge is 2.32. The van der Waals surface area contributed by atoms with Gasteiger partial charge in [0.15, 0.2) is 11.5 Å². The summed E-state index contributed by atoms with van der Waals surface area (Å²) in [5.74, 6) is -2.80. The molecular formula is C9H8O6S. The van der Waals surface area contributed by atoms with Crippen molar-refractivity contribution < 1.29 is 29.6 Å². The van der Waals surface area contributed by atoms with Crippen LogP contribution in [0.3, 0.4) is 0 Å². The number of hydrogen-bond donors (Lipinski definition) is 3. The van der Waals surface area contributed by atoms with Crippen LogP contribution in [0.2, 0.25) is 0 Å². The van der Waals surface area contributed by atoms with Gasteiger partial charge in [-0.25, -0.2) is 0 Å². The Morgan fingerprint density at radius 1 is 1.44 bits per heavy atom. The summed E-state index contributed by atoms with van der Waals surface area (Å²) in [6.45, 7) is 1.36. The Labute approximate surface area is 94.0 Å². The molecule has 6 nitrogen and oxygen atoms in total. The number of carboxylic acid groups (broad SMARTS) is 1. The summed E-state index contributed by atoms with van der Waals surface area (Å²) in [6.07, 6.45) is 0. The van der Waals surface area contributed by atoms with Gasteiger partial charge in [-0.05, 0) is 6.92 Å². The van der Waals surface area contributed by atoms with Crippen LogP contribution in [-0.4, -0.2) is 21.3 Å². The van der Waals surface area contributed by atoms with E-state index >= 15 is 0 Å². The van der Waals surface area contributed by atoms with Crippen LogP contribution in [-0.2, 0) is 4.79 Å². The number of aliphatic carboxylic acids is 1. The van der Waals surface area contributed by atoms with E-state index in [1.54, 1.807) is 0 Å². The average molecular weight is 244 g/mol. The highest BCUT2D eigenvalue weighted by Crippen LogP contribution is 2.47. The first-order chi connectivity index (χ1) is 7.50. The molecule has 0 aliphatic carbocycles. The van der Waals surface area contributed by atoms with E-state index in [0.29, 0.717) is 0 Å². The van der Waals surface area contributed by atoms with Crippen LogP contribution in [0.5, 0.6) is 16.6 Å². The maximum atomic E-state index is 10.7. The van der Waals surface area contributed by atoms with Crippen molar-refractivity contribution in [3.05, 3.63) is 17.1 Å². The van der Waals surface area contributed by atoms with Gasteiger partial charge in [-0.3, -0.25) is 4.79 Å². The smallest absolute Gasteiger partial charge is 0.323 e. The van der Waals surface area contributed by atoms with Crippen molar-refractivity contribution in [3.63, 3.8) is 0 Å². The second kappa shape index (κ2) is 3.60. The molecule has 1 aromatic rings. The molecule has 0 bridgehead atoms. The van der Waals surface area contributed by atoms with Gasteiger partial charge in [0.1, 0.15) is 5.92 Å². The molecule has 0 saturated heterocycles. The van der Waals surface area contributed by atoms with E-state index in [1.807, 2.05) is 0 Å². The lowest BCUT2D eigenvalue weighted by molar-refractivity contribution is -0.140. The zero-order chi connectivity index (χ0) is 11.9. The summed E-state index contributed by atoms with van der Waals surface area (Å²) in [5, 5.41) is 28.9. The molecule has 7 heteroatoms. The Morgan fingerprint density at radius 2 is 2.12 bits per heavy atom.